The number of nitrogens with zero attached hydrogens (tertiary/aromatic N) is 2. The number of ether oxygens (including phenoxy) is 2. The van der Waals surface area contributed by atoms with Gasteiger partial charge >= 0.3 is 0 Å². The summed E-state index contributed by atoms with van der Waals surface area (Å²) in [7, 11) is 0. The maximum Gasteiger partial charge on any atom is 0.128 e. The van der Waals surface area contributed by atoms with Crippen LogP contribution >= 0.6 is 0 Å². The van der Waals surface area contributed by atoms with Crippen LogP contribution in [0.4, 0.5) is 5.82 Å². The summed E-state index contributed by atoms with van der Waals surface area (Å²) in [5.74, 6) is 1.15. The van der Waals surface area contributed by atoms with Gasteiger partial charge in [-0.25, -0.2) is 4.98 Å². The number of anilines is 1. The highest BCUT2D eigenvalue weighted by Gasteiger charge is 2.44. The van der Waals surface area contributed by atoms with Gasteiger partial charge in [0.1, 0.15) is 5.82 Å². The summed E-state index contributed by atoms with van der Waals surface area (Å²) in [6.45, 7) is 5.71. The molecule has 3 aliphatic heterocycles. The third-order valence-corrected chi connectivity index (χ3v) is 4.72. The smallest absolute Gasteiger partial charge is 0.128 e. The predicted molar refractivity (Wildman–Crippen MR) is 72.3 cm³/mol. The number of pyridine rings is 1. The first-order chi connectivity index (χ1) is 9.35. The van der Waals surface area contributed by atoms with Crippen LogP contribution in [0.2, 0.25) is 0 Å². The highest BCUT2D eigenvalue weighted by atomic mass is 16.5. The van der Waals surface area contributed by atoms with E-state index >= 15 is 0 Å². The first-order valence-corrected chi connectivity index (χ1v) is 7.24. The van der Waals surface area contributed by atoms with Crippen molar-refractivity contribution in [1.29, 1.82) is 0 Å². The van der Waals surface area contributed by atoms with Crippen molar-refractivity contribution in [2.24, 2.45) is 5.41 Å². The monoisotopic (exact) mass is 260 g/mol. The lowest BCUT2D eigenvalue weighted by atomic mass is 9.73. The third-order valence-electron chi connectivity index (χ3n) is 4.72. The molecule has 0 radical (unpaired) electrons. The summed E-state index contributed by atoms with van der Waals surface area (Å²) in [4.78, 5) is 7.25. The quantitative estimate of drug-likeness (QED) is 0.771. The Morgan fingerprint density at radius 2 is 1.89 bits per heavy atom. The van der Waals surface area contributed by atoms with Crippen LogP contribution in [0, 0.1) is 5.41 Å². The van der Waals surface area contributed by atoms with Crippen LogP contribution in [-0.2, 0) is 22.5 Å². The van der Waals surface area contributed by atoms with E-state index in [2.05, 4.69) is 17.0 Å². The molecule has 0 bridgehead atoms. The molecule has 19 heavy (non-hydrogen) atoms. The van der Waals surface area contributed by atoms with Crippen LogP contribution in [0.15, 0.2) is 12.1 Å². The Bertz CT molecular complexity index is 475. The number of fused-ring (bicyclic) bond motifs is 1. The molecule has 0 aromatic carbocycles. The number of aromatic nitrogens is 1. The van der Waals surface area contributed by atoms with Crippen molar-refractivity contribution in [3.63, 3.8) is 0 Å². The summed E-state index contributed by atoms with van der Waals surface area (Å²) < 4.78 is 10.9. The molecule has 4 rings (SSSR count). The van der Waals surface area contributed by atoms with Gasteiger partial charge in [0.15, 0.2) is 0 Å². The van der Waals surface area contributed by atoms with Gasteiger partial charge in [-0.05, 0) is 24.5 Å². The van der Waals surface area contributed by atoms with Gasteiger partial charge in [0.05, 0.1) is 18.9 Å². The third kappa shape index (κ3) is 2.03. The molecule has 4 heterocycles. The van der Waals surface area contributed by atoms with Crippen molar-refractivity contribution in [2.75, 3.05) is 37.8 Å². The van der Waals surface area contributed by atoms with Crippen molar-refractivity contribution >= 4 is 5.82 Å². The fourth-order valence-electron chi connectivity index (χ4n) is 3.44. The highest BCUT2D eigenvalue weighted by Crippen LogP contribution is 2.41. The van der Waals surface area contributed by atoms with E-state index < -0.39 is 0 Å². The molecule has 0 aliphatic carbocycles. The van der Waals surface area contributed by atoms with Crippen molar-refractivity contribution < 1.29 is 9.47 Å². The molecule has 1 spiro atoms. The van der Waals surface area contributed by atoms with Gasteiger partial charge in [-0.2, -0.15) is 0 Å². The van der Waals surface area contributed by atoms with Crippen molar-refractivity contribution in [3.05, 3.63) is 23.4 Å². The highest BCUT2D eigenvalue weighted by molar-refractivity contribution is 5.46. The van der Waals surface area contributed by atoms with Crippen LogP contribution in [0.3, 0.4) is 0 Å². The minimum Gasteiger partial charge on any atom is -0.381 e. The standard InChI is InChI=1S/C15H20N2O2/c1-2-14(16-13-3-6-19-9-12(1)13)17-10-15(11-17)4-7-18-8-5-15/h1-2H,3-11H2. The molecule has 4 heteroatoms. The first-order valence-electron chi connectivity index (χ1n) is 7.24. The lowest BCUT2D eigenvalue weighted by Crippen LogP contribution is -2.58. The lowest BCUT2D eigenvalue weighted by molar-refractivity contribution is -0.000490. The number of rotatable bonds is 1. The molecule has 2 saturated heterocycles. The summed E-state index contributed by atoms with van der Waals surface area (Å²) in [6.07, 6.45) is 3.38. The largest absolute Gasteiger partial charge is 0.381 e. The fourth-order valence-corrected chi connectivity index (χ4v) is 3.44. The molecule has 0 saturated carbocycles. The fraction of sp³-hybridized carbons (Fsp3) is 0.667. The van der Waals surface area contributed by atoms with E-state index in [-0.39, 0.29) is 0 Å². The van der Waals surface area contributed by atoms with E-state index in [0.717, 1.165) is 51.8 Å². The summed E-state index contributed by atoms with van der Waals surface area (Å²) >= 11 is 0. The number of hydrogen-bond acceptors (Lipinski definition) is 4. The number of hydrogen-bond donors (Lipinski definition) is 0. The van der Waals surface area contributed by atoms with E-state index in [9.17, 15) is 0 Å². The Morgan fingerprint density at radius 1 is 1.05 bits per heavy atom. The van der Waals surface area contributed by atoms with Gasteiger partial charge in [0.25, 0.3) is 0 Å². The minimum absolute atomic E-state index is 0.513. The van der Waals surface area contributed by atoms with Crippen LogP contribution in [0.1, 0.15) is 24.1 Å². The van der Waals surface area contributed by atoms with Gasteiger partial charge in [-0.1, -0.05) is 6.07 Å². The molecule has 1 aromatic rings. The first kappa shape index (κ1) is 11.7. The Hall–Kier alpha value is -1.13. The van der Waals surface area contributed by atoms with Gasteiger partial charge < -0.3 is 14.4 Å². The lowest BCUT2D eigenvalue weighted by Gasteiger charge is -2.52. The molecule has 102 valence electrons. The molecule has 2 fully saturated rings. The molecule has 0 N–H and O–H groups in total. The van der Waals surface area contributed by atoms with Crippen molar-refractivity contribution in [2.45, 2.75) is 25.9 Å². The summed E-state index contributed by atoms with van der Waals surface area (Å²) in [5.41, 5.74) is 3.01. The van der Waals surface area contributed by atoms with Gasteiger partial charge in [0.2, 0.25) is 0 Å². The molecule has 1 aromatic heterocycles. The summed E-state index contributed by atoms with van der Waals surface area (Å²) in [6, 6.07) is 4.34. The van der Waals surface area contributed by atoms with Crippen LogP contribution < -0.4 is 4.90 Å². The van der Waals surface area contributed by atoms with Crippen LogP contribution in [-0.4, -0.2) is 37.9 Å². The Kier molecular flexibility index (Phi) is 2.74. The normalized spacial score (nSPS) is 24.9. The molecule has 3 aliphatic rings. The van der Waals surface area contributed by atoms with E-state index in [1.807, 2.05) is 0 Å². The molecular weight excluding hydrogens is 240 g/mol. The van der Waals surface area contributed by atoms with Crippen molar-refractivity contribution in [3.8, 4) is 0 Å². The maximum absolute atomic E-state index is 5.47. The van der Waals surface area contributed by atoms with Gasteiger partial charge in [0, 0.05) is 38.1 Å². The van der Waals surface area contributed by atoms with Crippen molar-refractivity contribution in [1.82, 2.24) is 4.98 Å². The zero-order valence-electron chi connectivity index (χ0n) is 11.2. The second kappa shape index (κ2) is 4.46. The zero-order chi connectivity index (χ0) is 12.7. The second-order valence-electron chi connectivity index (χ2n) is 6.05. The average molecular weight is 260 g/mol. The molecular formula is C15H20N2O2. The van der Waals surface area contributed by atoms with E-state index in [1.54, 1.807) is 0 Å². The Labute approximate surface area is 113 Å². The molecule has 0 unspecified atom stereocenters. The predicted octanol–water partition coefficient (Wildman–Crippen LogP) is 1.77. The minimum atomic E-state index is 0.513. The molecule has 0 atom stereocenters. The van der Waals surface area contributed by atoms with E-state index in [1.165, 1.54) is 24.1 Å². The topological polar surface area (TPSA) is 34.6 Å². The van der Waals surface area contributed by atoms with Crippen LogP contribution in [0.5, 0.6) is 0 Å². The van der Waals surface area contributed by atoms with Crippen LogP contribution in [0.25, 0.3) is 0 Å². The second-order valence-corrected chi connectivity index (χ2v) is 6.05. The SMILES string of the molecule is c1cc2c(nc1N1CC3(CCOCC3)C1)CCOC2. The van der Waals surface area contributed by atoms with E-state index in [0.29, 0.717) is 5.41 Å². The summed E-state index contributed by atoms with van der Waals surface area (Å²) in [5, 5.41) is 0. The molecule has 4 nitrogen and oxygen atoms in total. The van der Waals surface area contributed by atoms with Gasteiger partial charge in [-0.3, -0.25) is 0 Å². The maximum atomic E-state index is 5.47. The Balaban J connectivity index is 1.49. The molecule has 0 amide bonds. The Morgan fingerprint density at radius 3 is 2.74 bits per heavy atom. The van der Waals surface area contributed by atoms with E-state index in [4.69, 9.17) is 14.5 Å². The zero-order valence-corrected chi connectivity index (χ0v) is 11.2. The van der Waals surface area contributed by atoms with Gasteiger partial charge in [-0.15, -0.1) is 0 Å². The average Bonchev–Trinajstić information content (AvgIpc) is 2.45.